The fraction of sp³-hybridized carbons (Fsp3) is 0.536. The van der Waals surface area contributed by atoms with Gasteiger partial charge < -0.3 is 9.64 Å². The van der Waals surface area contributed by atoms with Gasteiger partial charge in [0.05, 0.1) is 21.4 Å². The Morgan fingerprint density at radius 3 is 2.57 bits per heavy atom. The Morgan fingerprint density at radius 2 is 1.81 bits per heavy atom. The van der Waals surface area contributed by atoms with Crippen LogP contribution in [-0.2, 0) is 4.74 Å². The molecule has 2 aliphatic heterocycles. The predicted molar refractivity (Wildman–Crippen MR) is 150 cm³/mol. The minimum absolute atomic E-state index is 0.0729. The summed E-state index contributed by atoms with van der Waals surface area (Å²) in [5.41, 5.74) is 3.24. The smallest absolute Gasteiger partial charge is 0.157 e. The third-order valence-electron chi connectivity index (χ3n) is 8.26. The molecular formula is C28H33Cl2N5OS. The molecule has 3 aromatic rings. The van der Waals surface area contributed by atoms with E-state index in [1.54, 1.807) is 6.07 Å². The Morgan fingerprint density at radius 1 is 1.00 bits per heavy atom. The van der Waals surface area contributed by atoms with Crippen LogP contribution in [0.1, 0.15) is 69.7 Å². The first-order valence-corrected chi connectivity index (χ1v) is 15.0. The summed E-state index contributed by atoms with van der Waals surface area (Å²) in [5.74, 6) is 0.949. The monoisotopic (exact) mass is 557 g/mol. The third kappa shape index (κ3) is 5.12. The molecule has 1 aromatic carbocycles. The van der Waals surface area contributed by atoms with Gasteiger partial charge in [0.25, 0.3) is 0 Å². The molecule has 1 atom stereocenters. The molecule has 0 radical (unpaired) electrons. The van der Waals surface area contributed by atoms with E-state index in [9.17, 15) is 0 Å². The standard InChI is InChI=1S/C28H33Cl2N5OS/c1-19-27(37-22-8-6-7-20(29)24(22)30)33-25(21-10-15-31-35(21)23-9-2-5-18-36-23)26(32-19)34-16-13-28(14-17-34)11-3-4-12-28/h6-8,10,15,23H,2-5,9,11-14,16-18H2,1H3/t23-/m1/s1. The van der Waals surface area contributed by atoms with Crippen molar-refractivity contribution in [1.29, 1.82) is 0 Å². The number of nitrogens with zero attached hydrogens (tertiary/aromatic N) is 5. The van der Waals surface area contributed by atoms with Gasteiger partial charge in [-0.1, -0.05) is 53.9 Å². The molecule has 2 aromatic heterocycles. The first-order valence-electron chi connectivity index (χ1n) is 13.4. The molecule has 2 saturated heterocycles. The lowest BCUT2D eigenvalue weighted by atomic mass is 9.77. The summed E-state index contributed by atoms with van der Waals surface area (Å²) in [4.78, 5) is 13.7. The van der Waals surface area contributed by atoms with Gasteiger partial charge in [-0.2, -0.15) is 5.10 Å². The van der Waals surface area contributed by atoms with E-state index in [2.05, 4.69) is 10.00 Å². The molecule has 3 aliphatic rings. The van der Waals surface area contributed by atoms with Gasteiger partial charge >= 0.3 is 0 Å². The fourth-order valence-corrected chi connectivity index (χ4v) is 7.47. The summed E-state index contributed by atoms with van der Waals surface area (Å²) in [7, 11) is 0. The molecule has 0 unspecified atom stereocenters. The van der Waals surface area contributed by atoms with Crippen molar-refractivity contribution in [2.24, 2.45) is 5.41 Å². The summed E-state index contributed by atoms with van der Waals surface area (Å²) in [6.07, 6.45) is 12.9. The molecule has 196 valence electrons. The molecule has 0 bridgehead atoms. The maximum Gasteiger partial charge on any atom is 0.157 e. The third-order valence-corrected chi connectivity index (χ3v) is 10.3. The highest BCUT2D eigenvalue weighted by Gasteiger charge is 2.38. The second kappa shape index (κ2) is 10.8. The van der Waals surface area contributed by atoms with Crippen molar-refractivity contribution in [1.82, 2.24) is 19.7 Å². The highest BCUT2D eigenvalue weighted by molar-refractivity contribution is 7.99. The number of ether oxygens (including phenoxy) is 1. The van der Waals surface area contributed by atoms with Crippen LogP contribution in [-0.4, -0.2) is 39.4 Å². The predicted octanol–water partition coefficient (Wildman–Crippen LogP) is 7.97. The molecular weight excluding hydrogens is 525 g/mol. The van der Waals surface area contributed by atoms with Crippen molar-refractivity contribution in [3.8, 4) is 11.4 Å². The minimum atomic E-state index is -0.0729. The zero-order valence-electron chi connectivity index (χ0n) is 21.3. The molecule has 0 N–H and O–H groups in total. The zero-order chi connectivity index (χ0) is 25.4. The molecule has 6 rings (SSSR count). The lowest BCUT2D eigenvalue weighted by molar-refractivity contribution is -0.0384. The maximum absolute atomic E-state index is 6.53. The maximum atomic E-state index is 6.53. The highest BCUT2D eigenvalue weighted by atomic mass is 35.5. The van der Waals surface area contributed by atoms with Crippen molar-refractivity contribution < 1.29 is 4.74 Å². The van der Waals surface area contributed by atoms with Crippen LogP contribution in [0, 0.1) is 12.3 Å². The van der Waals surface area contributed by atoms with Gasteiger partial charge in [0.1, 0.15) is 10.7 Å². The Labute approximate surface area is 233 Å². The van der Waals surface area contributed by atoms with Crippen molar-refractivity contribution in [3.05, 3.63) is 46.2 Å². The first-order chi connectivity index (χ1) is 18.0. The Hall–Kier alpha value is -1.80. The molecule has 4 heterocycles. The average molecular weight is 559 g/mol. The van der Waals surface area contributed by atoms with Crippen molar-refractivity contribution in [2.75, 3.05) is 24.6 Å². The molecule has 9 heteroatoms. The molecule has 1 aliphatic carbocycles. The van der Waals surface area contributed by atoms with Crippen molar-refractivity contribution in [3.63, 3.8) is 0 Å². The number of piperidine rings is 1. The number of hydrogen-bond acceptors (Lipinski definition) is 6. The van der Waals surface area contributed by atoms with Gasteiger partial charge in [0.15, 0.2) is 12.0 Å². The van der Waals surface area contributed by atoms with Crippen molar-refractivity contribution >= 4 is 40.8 Å². The summed E-state index contributed by atoms with van der Waals surface area (Å²) < 4.78 is 8.12. The quantitative estimate of drug-likeness (QED) is 0.317. The second-order valence-electron chi connectivity index (χ2n) is 10.6. The van der Waals surface area contributed by atoms with Crippen LogP contribution >= 0.6 is 35.0 Å². The zero-order valence-corrected chi connectivity index (χ0v) is 23.6. The van der Waals surface area contributed by atoms with Gasteiger partial charge in [0.2, 0.25) is 0 Å². The highest BCUT2D eigenvalue weighted by Crippen LogP contribution is 2.47. The SMILES string of the molecule is Cc1nc(N2CCC3(CCCC3)CC2)c(-c2ccnn2[C@H]2CCCCO2)nc1Sc1cccc(Cl)c1Cl. The van der Waals surface area contributed by atoms with Gasteiger partial charge in [0, 0.05) is 30.8 Å². The molecule has 37 heavy (non-hydrogen) atoms. The van der Waals surface area contributed by atoms with E-state index >= 15 is 0 Å². The van der Waals surface area contributed by atoms with E-state index in [4.69, 9.17) is 37.9 Å². The first kappa shape index (κ1) is 25.5. The number of aryl methyl sites for hydroxylation is 1. The van der Waals surface area contributed by atoms with Crippen LogP contribution in [0.3, 0.4) is 0 Å². The van der Waals surface area contributed by atoms with E-state index in [0.29, 0.717) is 15.5 Å². The Bertz CT molecular complexity index is 1260. The lowest BCUT2D eigenvalue weighted by Gasteiger charge is -2.40. The van der Waals surface area contributed by atoms with E-state index < -0.39 is 0 Å². The van der Waals surface area contributed by atoms with Gasteiger partial charge in [-0.25, -0.2) is 14.6 Å². The number of benzene rings is 1. The number of aromatic nitrogens is 4. The van der Waals surface area contributed by atoms with Crippen LogP contribution < -0.4 is 4.90 Å². The summed E-state index contributed by atoms with van der Waals surface area (Å²) in [6.45, 7) is 4.83. The number of anilines is 1. The Kier molecular flexibility index (Phi) is 7.41. The average Bonchev–Trinajstić information content (AvgIpc) is 3.59. The minimum Gasteiger partial charge on any atom is -0.356 e. The van der Waals surface area contributed by atoms with E-state index in [-0.39, 0.29) is 6.23 Å². The van der Waals surface area contributed by atoms with Gasteiger partial charge in [-0.3, -0.25) is 0 Å². The molecule has 1 spiro atoms. The fourth-order valence-electron chi connectivity index (χ4n) is 6.11. The van der Waals surface area contributed by atoms with Crippen LogP contribution in [0.5, 0.6) is 0 Å². The van der Waals surface area contributed by atoms with E-state index in [0.717, 1.165) is 71.8 Å². The summed E-state index contributed by atoms with van der Waals surface area (Å²) in [5, 5.41) is 6.58. The lowest BCUT2D eigenvalue weighted by Crippen LogP contribution is -2.39. The summed E-state index contributed by atoms with van der Waals surface area (Å²) in [6, 6.07) is 7.73. The van der Waals surface area contributed by atoms with E-state index in [1.807, 2.05) is 36.0 Å². The van der Waals surface area contributed by atoms with Crippen LogP contribution in [0.2, 0.25) is 10.0 Å². The number of halogens is 2. The van der Waals surface area contributed by atoms with Gasteiger partial charge in [-0.05, 0) is 75.5 Å². The van der Waals surface area contributed by atoms with Crippen LogP contribution in [0.15, 0.2) is 40.4 Å². The number of hydrogen-bond donors (Lipinski definition) is 0. The topological polar surface area (TPSA) is 56.1 Å². The normalized spacial score (nSPS) is 21.6. The van der Waals surface area contributed by atoms with Crippen molar-refractivity contribution in [2.45, 2.75) is 80.9 Å². The number of rotatable bonds is 5. The Balaban J connectivity index is 1.39. The molecule has 3 fully saturated rings. The van der Waals surface area contributed by atoms with Crippen LogP contribution in [0.25, 0.3) is 11.4 Å². The van der Waals surface area contributed by atoms with Crippen LogP contribution in [0.4, 0.5) is 5.82 Å². The van der Waals surface area contributed by atoms with E-state index in [1.165, 1.54) is 50.3 Å². The largest absolute Gasteiger partial charge is 0.356 e. The summed E-state index contributed by atoms with van der Waals surface area (Å²) >= 11 is 14.3. The molecule has 1 saturated carbocycles. The van der Waals surface area contributed by atoms with Gasteiger partial charge in [-0.15, -0.1) is 0 Å². The second-order valence-corrected chi connectivity index (χ2v) is 12.4. The molecule has 6 nitrogen and oxygen atoms in total. The molecule has 0 amide bonds.